The Morgan fingerprint density at radius 2 is 1.81 bits per heavy atom. The molecule has 2 aromatic rings. The van der Waals surface area contributed by atoms with Crippen LogP contribution >= 0.6 is 0 Å². The zero-order valence-electron chi connectivity index (χ0n) is 13.0. The van der Waals surface area contributed by atoms with E-state index in [1.165, 1.54) is 10.8 Å². The lowest BCUT2D eigenvalue weighted by molar-refractivity contribution is -0.124. The zero-order valence-corrected chi connectivity index (χ0v) is 13.0. The van der Waals surface area contributed by atoms with Crippen LogP contribution in [0.25, 0.3) is 10.8 Å². The third kappa shape index (κ3) is 3.42. The smallest absolute Gasteiger partial charge is 0.237 e. The number of rotatable bonds is 5. The summed E-state index contributed by atoms with van der Waals surface area (Å²) in [6, 6.07) is 13.9. The third-order valence-electron chi connectivity index (χ3n) is 4.21. The highest BCUT2D eigenvalue weighted by Gasteiger charge is 2.21. The number of amides is 1. The standard InChI is InChI=1S/C18H24N2O/c1-4-12(2)17(19)18(21)20-13(3)15-11-7-9-14-8-5-6-10-16(14)15/h5-13,17H,4,19H2,1-3H3,(H,20,21)/t12-,13?,17-/m0/s1. The fourth-order valence-corrected chi connectivity index (χ4v) is 2.53. The fourth-order valence-electron chi connectivity index (χ4n) is 2.53. The van der Waals surface area contributed by atoms with Crippen LogP contribution in [0, 0.1) is 5.92 Å². The first-order valence-electron chi connectivity index (χ1n) is 7.58. The van der Waals surface area contributed by atoms with Gasteiger partial charge in [0.25, 0.3) is 0 Å². The molecule has 3 heteroatoms. The predicted molar refractivity (Wildman–Crippen MR) is 87.9 cm³/mol. The van der Waals surface area contributed by atoms with Gasteiger partial charge in [0.15, 0.2) is 0 Å². The first-order valence-corrected chi connectivity index (χ1v) is 7.58. The summed E-state index contributed by atoms with van der Waals surface area (Å²) in [5.74, 6) is 0.106. The molecular formula is C18H24N2O. The summed E-state index contributed by atoms with van der Waals surface area (Å²) < 4.78 is 0. The van der Waals surface area contributed by atoms with E-state index < -0.39 is 6.04 Å². The molecule has 0 aliphatic heterocycles. The molecule has 0 spiro atoms. The van der Waals surface area contributed by atoms with Gasteiger partial charge in [-0.15, -0.1) is 0 Å². The van der Waals surface area contributed by atoms with Crippen LogP contribution in [0.2, 0.25) is 0 Å². The minimum Gasteiger partial charge on any atom is -0.348 e. The maximum atomic E-state index is 12.2. The Morgan fingerprint density at radius 3 is 2.52 bits per heavy atom. The maximum absolute atomic E-state index is 12.2. The van der Waals surface area contributed by atoms with Crippen LogP contribution in [0.1, 0.15) is 38.8 Å². The van der Waals surface area contributed by atoms with Crippen LogP contribution in [-0.2, 0) is 4.79 Å². The van der Waals surface area contributed by atoms with Crippen LogP contribution in [0.3, 0.4) is 0 Å². The van der Waals surface area contributed by atoms with E-state index in [2.05, 4.69) is 29.6 Å². The minimum absolute atomic E-state index is 0.0568. The molecule has 0 fully saturated rings. The minimum atomic E-state index is -0.451. The van der Waals surface area contributed by atoms with Crippen LogP contribution in [-0.4, -0.2) is 11.9 Å². The van der Waals surface area contributed by atoms with E-state index in [9.17, 15) is 4.79 Å². The van der Waals surface area contributed by atoms with Gasteiger partial charge in [0.05, 0.1) is 12.1 Å². The van der Waals surface area contributed by atoms with Crippen molar-refractivity contribution in [3.8, 4) is 0 Å². The number of nitrogens with two attached hydrogens (primary N) is 1. The summed E-state index contributed by atoms with van der Waals surface area (Å²) in [5, 5.41) is 5.39. The Balaban J connectivity index is 2.19. The van der Waals surface area contributed by atoms with Crippen molar-refractivity contribution in [1.82, 2.24) is 5.32 Å². The Kier molecular flexibility index (Phi) is 4.97. The van der Waals surface area contributed by atoms with Crippen LogP contribution in [0.4, 0.5) is 0 Å². The van der Waals surface area contributed by atoms with Gasteiger partial charge in [-0.2, -0.15) is 0 Å². The molecule has 0 aliphatic rings. The number of fused-ring (bicyclic) bond motifs is 1. The average Bonchev–Trinajstić information content (AvgIpc) is 2.52. The van der Waals surface area contributed by atoms with E-state index in [1.54, 1.807) is 0 Å². The molecule has 0 saturated carbocycles. The molecule has 0 saturated heterocycles. The lowest BCUT2D eigenvalue weighted by Crippen LogP contribution is -2.45. The Morgan fingerprint density at radius 1 is 1.14 bits per heavy atom. The molecule has 0 aromatic heterocycles. The van der Waals surface area contributed by atoms with Gasteiger partial charge in [-0.1, -0.05) is 62.7 Å². The van der Waals surface area contributed by atoms with Crippen molar-refractivity contribution >= 4 is 16.7 Å². The van der Waals surface area contributed by atoms with Crippen molar-refractivity contribution in [2.24, 2.45) is 11.7 Å². The predicted octanol–water partition coefficient (Wildman–Crippen LogP) is 3.39. The zero-order chi connectivity index (χ0) is 15.4. The first kappa shape index (κ1) is 15.5. The lowest BCUT2D eigenvalue weighted by Gasteiger charge is -2.22. The highest BCUT2D eigenvalue weighted by molar-refractivity contribution is 5.87. The molecule has 1 amide bonds. The summed E-state index contributed by atoms with van der Waals surface area (Å²) in [6.45, 7) is 6.06. The second-order valence-electron chi connectivity index (χ2n) is 5.71. The fraction of sp³-hybridized carbons (Fsp3) is 0.389. The van der Waals surface area contributed by atoms with Gasteiger partial charge in [0.2, 0.25) is 5.91 Å². The van der Waals surface area contributed by atoms with Gasteiger partial charge in [0, 0.05) is 0 Å². The molecule has 2 aromatic carbocycles. The molecular weight excluding hydrogens is 260 g/mol. The highest BCUT2D eigenvalue weighted by atomic mass is 16.2. The normalized spacial score (nSPS) is 15.4. The van der Waals surface area contributed by atoms with Crippen LogP contribution in [0.15, 0.2) is 42.5 Å². The largest absolute Gasteiger partial charge is 0.348 e. The number of hydrogen-bond acceptors (Lipinski definition) is 2. The van der Waals surface area contributed by atoms with E-state index in [4.69, 9.17) is 5.73 Å². The molecule has 2 rings (SSSR count). The molecule has 112 valence electrons. The molecule has 3 nitrogen and oxygen atoms in total. The van der Waals surface area contributed by atoms with Crippen molar-refractivity contribution in [3.63, 3.8) is 0 Å². The molecule has 1 unspecified atom stereocenters. The van der Waals surface area contributed by atoms with E-state index in [0.717, 1.165) is 12.0 Å². The summed E-state index contributed by atoms with van der Waals surface area (Å²) in [7, 11) is 0. The number of carbonyl (C=O) groups is 1. The Bertz CT molecular complexity index is 618. The quantitative estimate of drug-likeness (QED) is 0.884. The van der Waals surface area contributed by atoms with Crippen molar-refractivity contribution in [2.45, 2.75) is 39.3 Å². The Labute approximate surface area is 126 Å². The van der Waals surface area contributed by atoms with E-state index >= 15 is 0 Å². The van der Waals surface area contributed by atoms with Crippen molar-refractivity contribution < 1.29 is 4.79 Å². The number of benzene rings is 2. The van der Waals surface area contributed by atoms with Crippen LogP contribution < -0.4 is 11.1 Å². The Hall–Kier alpha value is -1.87. The second kappa shape index (κ2) is 6.72. The highest BCUT2D eigenvalue weighted by Crippen LogP contribution is 2.24. The van der Waals surface area contributed by atoms with Gasteiger partial charge in [-0.25, -0.2) is 0 Å². The first-order chi connectivity index (χ1) is 10.0. The van der Waals surface area contributed by atoms with E-state index in [0.29, 0.717) is 0 Å². The summed E-state index contributed by atoms with van der Waals surface area (Å²) in [5.41, 5.74) is 7.12. The number of hydrogen-bond donors (Lipinski definition) is 2. The molecule has 0 radical (unpaired) electrons. The summed E-state index contributed by atoms with van der Waals surface area (Å²) >= 11 is 0. The summed E-state index contributed by atoms with van der Waals surface area (Å²) in [4.78, 5) is 12.2. The SMILES string of the molecule is CC[C@H](C)[C@H](N)C(=O)NC(C)c1cccc2ccccc12. The molecule has 21 heavy (non-hydrogen) atoms. The van der Waals surface area contributed by atoms with E-state index in [-0.39, 0.29) is 17.9 Å². The number of carbonyl (C=O) groups excluding carboxylic acids is 1. The second-order valence-corrected chi connectivity index (χ2v) is 5.71. The lowest BCUT2D eigenvalue weighted by atomic mass is 9.97. The molecule has 0 bridgehead atoms. The molecule has 0 heterocycles. The van der Waals surface area contributed by atoms with E-state index in [1.807, 2.05) is 39.0 Å². The van der Waals surface area contributed by atoms with Crippen molar-refractivity contribution in [3.05, 3.63) is 48.0 Å². The topological polar surface area (TPSA) is 55.1 Å². The van der Waals surface area contributed by atoms with Gasteiger partial charge >= 0.3 is 0 Å². The summed E-state index contributed by atoms with van der Waals surface area (Å²) in [6.07, 6.45) is 0.900. The van der Waals surface area contributed by atoms with Gasteiger partial charge in [0.1, 0.15) is 0 Å². The number of nitrogens with one attached hydrogen (secondary N) is 1. The molecule has 3 atom stereocenters. The average molecular weight is 284 g/mol. The van der Waals surface area contributed by atoms with Crippen molar-refractivity contribution in [2.75, 3.05) is 0 Å². The third-order valence-corrected chi connectivity index (χ3v) is 4.21. The maximum Gasteiger partial charge on any atom is 0.237 e. The van der Waals surface area contributed by atoms with Crippen molar-refractivity contribution in [1.29, 1.82) is 0 Å². The van der Waals surface area contributed by atoms with Crippen LogP contribution in [0.5, 0.6) is 0 Å². The van der Waals surface area contributed by atoms with Gasteiger partial charge in [-0.05, 0) is 29.2 Å². The molecule has 0 aliphatic carbocycles. The van der Waals surface area contributed by atoms with Gasteiger partial charge in [-0.3, -0.25) is 4.79 Å². The van der Waals surface area contributed by atoms with Gasteiger partial charge < -0.3 is 11.1 Å². The monoisotopic (exact) mass is 284 g/mol. The molecule has 3 N–H and O–H groups in total.